The van der Waals surface area contributed by atoms with E-state index in [4.69, 9.17) is 5.73 Å². The number of hydrogen-bond donors (Lipinski definition) is 2. The summed E-state index contributed by atoms with van der Waals surface area (Å²) in [7, 11) is -0.645. The van der Waals surface area contributed by atoms with Gasteiger partial charge in [-0.1, -0.05) is 20.8 Å². The van der Waals surface area contributed by atoms with Crippen LogP contribution in [0.25, 0.3) is 0 Å². The molecule has 0 spiro atoms. The van der Waals surface area contributed by atoms with Crippen LogP contribution in [0.3, 0.4) is 0 Å². The number of nitrogens with zero attached hydrogens (tertiary/aromatic N) is 2. The molecular weight excluding hydrogens is 272 g/mol. The summed E-state index contributed by atoms with van der Waals surface area (Å²) in [5.41, 5.74) is 6.77. The molecule has 1 saturated heterocycles. The maximum absolute atomic E-state index is 11.4. The number of nitrogen functional groups attached to an aromatic ring is 1. The molecule has 3 N–H and O–H groups in total. The van der Waals surface area contributed by atoms with Crippen LogP contribution in [-0.2, 0) is 16.2 Å². The van der Waals surface area contributed by atoms with Gasteiger partial charge in [0.15, 0.2) is 0 Å². The Bertz CT molecular complexity index is 515. The molecule has 1 aliphatic rings. The van der Waals surface area contributed by atoms with E-state index in [1.165, 1.54) is 0 Å². The standard InChI is InChI=1S/C14H24N4OS/c1-9-11(15)17-13(14(2,3)4)18-12(9)16-10-5-7-20(19)8-6-10/h10H,5-8H2,1-4H3,(H3,15,16,17,18). The van der Waals surface area contributed by atoms with Crippen molar-refractivity contribution in [2.75, 3.05) is 22.6 Å². The Morgan fingerprint density at radius 1 is 1.25 bits per heavy atom. The van der Waals surface area contributed by atoms with Crippen molar-refractivity contribution in [3.63, 3.8) is 0 Å². The highest BCUT2D eigenvalue weighted by Gasteiger charge is 2.23. The summed E-state index contributed by atoms with van der Waals surface area (Å²) >= 11 is 0. The molecule has 5 nitrogen and oxygen atoms in total. The highest BCUT2D eigenvalue weighted by atomic mass is 32.2. The average Bonchev–Trinajstić information content (AvgIpc) is 2.36. The smallest absolute Gasteiger partial charge is 0.138 e. The van der Waals surface area contributed by atoms with Crippen LogP contribution in [0.2, 0.25) is 0 Å². The summed E-state index contributed by atoms with van der Waals surface area (Å²) in [6, 6.07) is 0.327. The van der Waals surface area contributed by atoms with E-state index in [1.807, 2.05) is 6.92 Å². The molecule has 1 aromatic rings. The molecule has 0 radical (unpaired) electrons. The van der Waals surface area contributed by atoms with Gasteiger partial charge in [0.2, 0.25) is 0 Å². The van der Waals surface area contributed by atoms with Gasteiger partial charge in [0.1, 0.15) is 17.5 Å². The Kier molecular flexibility index (Phi) is 4.32. The van der Waals surface area contributed by atoms with Crippen molar-refractivity contribution in [3.05, 3.63) is 11.4 Å². The summed E-state index contributed by atoms with van der Waals surface area (Å²) in [5, 5.41) is 3.46. The Morgan fingerprint density at radius 3 is 2.40 bits per heavy atom. The predicted octanol–water partition coefficient (Wildman–Crippen LogP) is 1.99. The van der Waals surface area contributed by atoms with Gasteiger partial charge in [-0.25, -0.2) is 9.97 Å². The molecule has 0 saturated carbocycles. The van der Waals surface area contributed by atoms with E-state index in [2.05, 4.69) is 36.1 Å². The second kappa shape index (κ2) is 5.68. The predicted molar refractivity (Wildman–Crippen MR) is 84.4 cm³/mol. The lowest BCUT2D eigenvalue weighted by molar-refractivity contribution is 0.544. The van der Waals surface area contributed by atoms with Gasteiger partial charge in [-0.15, -0.1) is 0 Å². The molecule has 0 aromatic carbocycles. The third-order valence-electron chi connectivity index (χ3n) is 3.58. The van der Waals surface area contributed by atoms with Crippen molar-refractivity contribution in [1.29, 1.82) is 0 Å². The van der Waals surface area contributed by atoms with Crippen LogP contribution in [0.1, 0.15) is 45.0 Å². The summed E-state index contributed by atoms with van der Waals surface area (Å²) in [6.45, 7) is 8.16. The largest absolute Gasteiger partial charge is 0.383 e. The van der Waals surface area contributed by atoms with Gasteiger partial charge < -0.3 is 11.1 Å². The SMILES string of the molecule is Cc1c(N)nc(C(C)(C)C)nc1NC1CCS(=O)CC1. The molecule has 112 valence electrons. The molecule has 0 atom stereocenters. The molecule has 0 amide bonds. The normalized spacial score (nSPS) is 23.6. The fourth-order valence-corrected chi connectivity index (χ4v) is 3.44. The van der Waals surface area contributed by atoms with E-state index in [-0.39, 0.29) is 5.41 Å². The van der Waals surface area contributed by atoms with Gasteiger partial charge in [0, 0.05) is 39.3 Å². The second-order valence-electron chi connectivity index (χ2n) is 6.42. The molecule has 1 fully saturated rings. The van der Waals surface area contributed by atoms with Crippen LogP contribution in [0.15, 0.2) is 0 Å². The average molecular weight is 296 g/mol. The summed E-state index contributed by atoms with van der Waals surface area (Å²) in [5.74, 6) is 3.64. The molecule has 0 unspecified atom stereocenters. The second-order valence-corrected chi connectivity index (χ2v) is 8.12. The monoisotopic (exact) mass is 296 g/mol. The zero-order valence-corrected chi connectivity index (χ0v) is 13.5. The maximum Gasteiger partial charge on any atom is 0.138 e. The van der Waals surface area contributed by atoms with E-state index >= 15 is 0 Å². The van der Waals surface area contributed by atoms with Gasteiger partial charge in [0.05, 0.1) is 0 Å². The van der Waals surface area contributed by atoms with Crippen LogP contribution < -0.4 is 11.1 Å². The third-order valence-corrected chi connectivity index (χ3v) is 4.97. The van der Waals surface area contributed by atoms with Gasteiger partial charge in [0.25, 0.3) is 0 Å². The van der Waals surface area contributed by atoms with Gasteiger partial charge in [-0.05, 0) is 19.8 Å². The van der Waals surface area contributed by atoms with Crippen LogP contribution in [0, 0.1) is 6.92 Å². The minimum atomic E-state index is -0.645. The molecule has 6 heteroatoms. The van der Waals surface area contributed by atoms with Gasteiger partial charge in [-0.2, -0.15) is 0 Å². The number of nitrogens with one attached hydrogen (secondary N) is 1. The summed E-state index contributed by atoms with van der Waals surface area (Å²) < 4.78 is 11.4. The Balaban J connectivity index is 2.22. The first-order valence-electron chi connectivity index (χ1n) is 7.03. The number of aromatic nitrogens is 2. The summed E-state index contributed by atoms with van der Waals surface area (Å²) in [4.78, 5) is 9.03. The van der Waals surface area contributed by atoms with E-state index in [1.54, 1.807) is 0 Å². The Hall–Kier alpha value is -1.17. The van der Waals surface area contributed by atoms with Crippen LogP contribution in [0.5, 0.6) is 0 Å². The van der Waals surface area contributed by atoms with Crippen molar-refractivity contribution in [3.8, 4) is 0 Å². The van der Waals surface area contributed by atoms with E-state index in [0.717, 1.165) is 41.6 Å². The quantitative estimate of drug-likeness (QED) is 0.872. The van der Waals surface area contributed by atoms with Gasteiger partial charge in [-0.3, -0.25) is 4.21 Å². The van der Waals surface area contributed by atoms with Crippen LogP contribution in [0.4, 0.5) is 11.6 Å². The summed E-state index contributed by atoms with van der Waals surface area (Å²) in [6.07, 6.45) is 1.83. The van der Waals surface area contributed by atoms with E-state index in [0.29, 0.717) is 11.9 Å². The Morgan fingerprint density at radius 2 is 1.85 bits per heavy atom. The fraction of sp³-hybridized carbons (Fsp3) is 0.714. The van der Waals surface area contributed by atoms with Gasteiger partial charge >= 0.3 is 0 Å². The van der Waals surface area contributed by atoms with E-state index in [9.17, 15) is 4.21 Å². The lowest BCUT2D eigenvalue weighted by Crippen LogP contribution is -2.30. The highest BCUT2D eigenvalue weighted by Crippen LogP contribution is 2.26. The minimum absolute atomic E-state index is 0.133. The zero-order valence-electron chi connectivity index (χ0n) is 12.7. The maximum atomic E-state index is 11.4. The molecule has 2 rings (SSSR count). The zero-order chi connectivity index (χ0) is 14.9. The molecule has 1 aromatic heterocycles. The first-order valence-corrected chi connectivity index (χ1v) is 8.52. The van der Waals surface area contributed by atoms with E-state index < -0.39 is 10.8 Å². The molecule has 20 heavy (non-hydrogen) atoms. The van der Waals surface area contributed by atoms with Crippen molar-refractivity contribution in [2.24, 2.45) is 0 Å². The minimum Gasteiger partial charge on any atom is -0.383 e. The lowest BCUT2D eigenvalue weighted by atomic mass is 9.95. The first kappa shape index (κ1) is 15.2. The third kappa shape index (κ3) is 3.48. The van der Waals surface area contributed by atoms with Crippen LogP contribution in [-0.4, -0.2) is 31.7 Å². The van der Waals surface area contributed by atoms with Crippen molar-refractivity contribution in [2.45, 2.75) is 52.0 Å². The lowest BCUT2D eigenvalue weighted by Gasteiger charge is -2.25. The van der Waals surface area contributed by atoms with Crippen molar-refractivity contribution < 1.29 is 4.21 Å². The molecular formula is C14H24N4OS. The fourth-order valence-electron chi connectivity index (χ4n) is 2.14. The number of anilines is 2. The number of rotatable bonds is 2. The molecule has 0 aliphatic carbocycles. The molecule has 0 bridgehead atoms. The molecule has 2 heterocycles. The Labute approximate surface area is 123 Å². The van der Waals surface area contributed by atoms with Crippen molar-refractivity contribution >= 4 is 22.4 Å². The van der Waals surface area contributed by atoms with Crippen LogP contribution >= 0.6 is 0 Å². The molecule has 1 aliphatic heterocycles. The van der Waals surface area contributed by atoms with Crippen molar-refractivity contribution in [1.82, 2.24) is 9.97 Å². The first-order chi connectivity index (χ1) is 9.27. The number of hydrogen-bond acceptors (Lipinski definition) is 5. The highest BCUT2D eigenvalue weighted by molar-refractivity contribution is 7.85. The topological polar surface area (TPSA) is 80.9 Å². The number of nitrogens with two attached hydrogens (primary N) is 1.